The third-order valence-corrected chi connectivity index (χ3v) is 1.94. The van der Waals surface area contributed by atoms with Gasteiger partial charge in [0.05, 0.1) is 6.61 Å². The molecule has 0 aliphatic heterocycles. The summed E-state index contributed by atoms with van der Waals surface area (Å²) < 4.78 is 23.4. The van der Waals surface area contributed by atoms with E-state index >= 15 is 0 Å². The summed E-state index contributed by atoms with van der Waals surface area (Å²) in [4.78, 5) is 0. The molecule has 0 heterocycles. The first kappa shape index (κ1) is 13.5. The number of methoxy groups -OCH3 is 1. The van der Waals surface area contributed by atoms with Gasteiger partial charge < -0.3 is 14.6 Å². The van der Waals surface area contributed by atoms with Gasteiger partial charge in [0, 0.05) is 31.8 Å². The van der Waals surface area contributed by atoms with Crippen molar-refractivity contribution in [2.24, 2.45) is 0 Å². The van der Waals surface area contributed by atoms with E-state index in [1.54, 1.807) is 13.2 Å². The van der Waals surface area contributed by atoms with Crippen LogP contribution in [-0.4, -0.2) is 32.0 Å². The Morgan fingerprint density at radius 1 is 1.29 bits per heavy atom. The highest BCUT2D eigenvalue weighted by molar-refractivity contribution is 5.40. The molecule has 0 bridgehead atoms. The van der Waals surface area contributed by atoms with E-state index in [2.05, 4.69) is 11.8 Å². The molecule has 92 valence electrons. The second kappa shape index (κ2) is 7.66. The summed E-state index contributed by atoms with van der Waals surface area (Å²) in [6.45, 7) is 0.817. The Morgan fingerprint density at radius 2 is 2.12 bits per heavy atom. The van der Waals surface area contributed by atoms with Gasteiger partial charge >= 0.3 is 0 Å². The zero-order valence-corrected chi connectivity index (χ0v) is 9.70. The third-order valence-electron chi connectivity index (χ3n) is 1.94. The fourth-order valence-corrected chi connectivity index (χ4v) is 1.25. The molecule has 3 nitrogen and oxygen atoms in total. The van der Waals surface area contributed by atoms with Gasteiger partial charge in [0.1, 0.15) is 18.2 Å². The SMILES string of the molecule is COCCCOc1cc(F)cc(C#CCO)c1. The van der Waals surface area contributed by atoms with Gasteiger partial charge in [-0.05, 0) is 12.1 Å². The zero-order chi connectivity index (χ0) is 12.5. The van der Waals surface area contributed by atoms with Crippen LogP contribution in [-0.2, 0) is 4.74 Å². The van der Waals surface area contributed by atoms with Crippen molar-refractivity contribution in [2.45, 2.75) is 6.42 Å². The van der Waals surface area contributed by atoms with Crippen LogP contribution in [0.15, 0.2) is 18.2 Å². The standard InChI is InChI=1S/C13H15FO3/c1-16-6-3-7-17-13-9-11(4-2-5-15)8-12(14)10-13/h8-10,15H,3,5-7H2,1H3. The van der Waals surface area contributed by atoms with E-state index in [-0.39, 0.29) is 6.61 Å². The first-order valence-electron chi connectivity index (χ1n) is 5.28. The van der Waals surface area contributed by atoms with Gasteiger partial charge in [-0.15, -0.1) is 0 Å². The van der Waals surface area contributed by atoms with Gasteiger partial charge in [0.25, 0.3) is 0 Å². The van der Waals surface area contributed by atoms with E-state index in [0.717, 1.165) is 6.42 Å². The molecule has 0 unspecified atom stereocenters. The summed E-state index contributed by atoms with van der Waals surface area (Å²) in [7, 11) is 1.62. The molecule has 4 heteroatoms. The molecule has 1 N–H and O–H groups in total. The molecule has 0 fully saturated rings. The number of hydrogen-bond acceptors (Lipinski definition) is 3. The second-order valence-corrected chi connectivity index (χ2v) is 3.33. The number of aliphatic hydroxyl groups excluding tert-OH is 1. The molecular weight excluding hydrogens is 223 g/mol. The monoisotopic (exact) mass is 238 g/mol. The molecule has 17 heavy (non-hydrogen) atoms. The van der Waals surface area contributed by atoms with Gasteiger partial charge in [-0.2, -0.15) is 0 Å². The Labute approximate surface area is 100 Å². The maximum absolute atomic E-state index is 13.2. The van der Waals surface area contributed by atoms with Crippen molar-refractivity contribution in [1.82, 2.24) is 0 Å². The van der Waals surface area contributed by atoms with Crippen LogP contribution in [0, 0.1) is 17.7 Å². The lowest BCUT2D eigenvalue weighted by Crippen LogP contribution is -2.01. The van der Waals surface area contributed by atoms with Crippen molar-refractivity contribution in [3.8, 4) is 17.6 Å². The highest BCUT2D eigenvalue weighted by atomic mass is 19.1. The summed E-state index contributed by atoms with van der Waals surface area (Å²) in [5, 5.41) is 8.55. The van der Waals surface area contributed by atoms with E-state index in [1.165, 1.54) is 12.1 Å². The van der Waals surface area contributed by atoms with Crippen LogP contribution in [0.4, 0.5) is 4.39 Å². The van der Waals surface area contributed by atoms with Crippen molar-refractivity contribution >= 4 is 0 Å². The average Bonchev–Trinajstić information content (AvgIpc) is 2.31. The van der Waals surface area contributed by atoms with Crippen molar-refractivity contribution in [3.05, 3.63) is 29.6 Å². The normalized spacial score (nSPS) is 9.59. The Morgan fingerprint density at radius 3 is 2.82 bits per heavy atom. The van der Waals surface area contributed by atoms with Crippen molar-refractivity contribution < 1.29 is 19.0 Å². The maximum atomic E-state index is 13.2. The highest BCUT2D eigenvalue weighted by Gasteiger charge is 2.00. The van der Waals surface area contributed by atoms with E-state index in [9.17, 15) is 4.39 Å². The minimum atomic E-state index is -0.406. The third kappa shape index (κ3) is 5.34. The van der Waals surface area contributed by atoms with E-state index < -0.39 is 5.82 Å². The van der Waals surface area contributed by atoms with Crippen molar-refractivity contribution in [3.63, 3.8) is 0 Å². The Bertz CT molecular complexity index is 407. The number of benzene rings is 1. The lowest BCUT2D eigenvalue weighted by atomic mass is 10.2. The molecule has 0 saturated carbocycles. The molecule has 0 saturated heterocycles. The van der Waals surface area contributed by atoms with E-state index in [0.29, 0.717) is 24.5 Å². The van der Waals surface area contributed by atoms with Crippen LogP contribution in [0.5, 0.6) is 5.75 Å². The van der Waals surface area contributed by atoms with Crippen molar-refractivity contribution in [1.29, 1.82) is 0 Å². The lowest BCUT2D eigenvalue weighted by molar-refractivity contribution is 0.172. The van der Waals surface area contributed by atoms with Crippen LogP contribution < -0.4 is 4.74 Å². The summed E-state index contributed by atoms with van der Waals surface area (Å²) >= 11 is 0. The molecule has 1 rings (SSSR count). The number of rotatable bonds is 5. The van der Waals surface area contributed by atoms with Gasteiger partial charge in [-0.25, -0.2) is 4.39 Å². The minimum Gasteiger partial charge on any atom is -0.493 e. The molecule has 0 atom stereocenters. The second-order valence-electron chi connectivity index (χ2n) is 3.33. The predicted molar refractivity (Wildman–Crippen MR) is 62.4 cm³/mol. The fraction of sp³-hybridized carbons (Fsp3) is 0.385. The molecule has 1 aromatic carbocycles. The van der Waals surface area contributed by atoms with Crippen LogP contribution >= 0.6 is 0 Å². The number of halogens is 1. The van der Waals surface area contributed by atoms with Gasteiger partial charge in [-0.3, -0.25) is 0 Å². The summed E-state index contributed by atoms with van der Waals surface area (Å²) in [6, 6.07) is 4.24. The van der Waals surface area contributed by atoms with Crippen LogP contribution in [0.25, 0.3) is 0 Å². The topological polar surface area (TPSA) is 38.7 Å². The van der Waals surface area contributed by atoms with Gasteiger partial charge in [-0.1, -0.05) is 11.8 Å². The molecule has 0 aromatic heterocycles. The number of ether oxygens (including phenoxy) is 2. The molecule has 0 spiro atoms. The lowest BCUT2D eigenvalue weighted by Gasteiger charge is -2.06. The van der Waals surface area contributed by atoms with Crippen LogP contribution in [0.1, 0.15) is 12.0 Å². The quantitative estimate of drug-likeness (QED) is 0.625. The fourth-order valence-electron chi connectivity index (χ4n) is 1.25. The summed E-state index contributed by atoms with van der Waals surface area (Å²) in [6.07, 6.45) is 0.741. The smallest absolute Gasteiger partial charge is 0.128 e. The highest BCUT2D eigenvalue weighted by Crippen LogP contribution is 2.16. The summed E-state index contributed by atoms with van der Waals surface area (Å²) in [5.41, 5.74) is 0.487. The number of hydrogen-bond donors (Lipinski definition) is 1. The van der Waals surface area contributed by atoms with Gasteiger partial charge in [0.15, 0.2) is 0 Å². The zero-order valence-electron chi connectivity index (χ0n) is 9.70. The van der Waals surface area contributed by atoms with E-state index in [1.807, 2.05) is 0 Å². The Hall–Kier alpha value is -1.57. The summed E-state index contributed by atoms with van der Waals surface area (Å²) in [5.74, 6) is 5.12. The van der Waals surface area contributed by atoms with Gasteiger partial charge in [0.2, 0.25) is 0 Å². The predicted octanol–water partition coefficient (Wildman–Crippen LogP) is 1.58. The largest absolute Gasteiger partial charge is 0.493 e. The Kier molecular flexibility index (Phi) is 6.08. The van der Waals surface area contributed by atoms with Crippen LogP contribution in [0.3, 0.4) is 0 Å². The number of aliphatic hydroxyl groups is 1. The van der Waals surface area contributed by atoms with E-state index in [4.69, 9.17) is 14.6 Å². The molecule has 0 amide bonds. The minimum absolute atomic E-state index is 0.249. The van der Waals surface area contributed by atoms with Crippen molar-refractivity contribution in [2.75, 3.05) is 26.9 Å². The Balaban J connectivity index is 2.62. The average molecular weight is 238 g/mol. The molecule has 1 aromatic rings. The molecule has 0 aliphatic carbocycles. The van der Waals surface area contributed by atoms with Crippen LogP contribution in [0.2, 0.25) is 0 Å². The first-order chi connectivity index (χ1) is 8.26. The molecular formula is C13H15FO3. The molecule has 0 aliphatic rings. The first-order valence-corrected chi connectivity index (χ1v) is 5.28. The maximum Gasteiger partial charge on any atom is 0.128 e. The molecule has 0 radical (unpaired) electrons.